The first-order chi connectivity index (χ1) is 13.5. The molecule has 154 valence electrons. The fourth-order valence-corrected chi connectivity index (χ4v) is 4.51. The Balaban J connectivity index is 1.66. The predicted octanol–water partition coefficient (Wildman–Crippen LogP) is 3.43. The van der Waals surface area contributed by atoms with Crippen LogP contribution in [-0.4, -0.2) is 51.2 Å². The van der Waals surface area contributed by atoms with Gasteiger partial charge in [0.05, 0.1) is 9.85 Å². The van der Waals surface area contributed by atoms with Crippen molar-refractivity contribution in [3.8, 4) is 5.75 Å². The SMILES string of the molecule is O=[N+]([O-])c1cccc(OCC(O)CN(C2CCCC2)C2CCCC2)c1[N+](=O)[O-]. The maximum absolute atomic E-state index is 11.3. The summed E-state index contributed by atoms with van der Waals surface area (Å²) in [7, 11) is 0. The van der Waals surface area contributed by atoms with Gasteiger partial charge in [-0.05, 0) is 31.7 Å². The number of hydrogen-bond acceptors (Lipinski definition) is 7. The molecule has 9 nitrogen and oxygen atoms in total. The molecule has 0 aliphatic heterocycles. The Morgan fingerprint density at radius 1 is 1.04 bits per heavy atom. The summed E-state index contributed by atoms with van der Waals surface area (Å²) < 4.78 is 5.45. The van der Waals surface area contributed by atoms with Crippen LogP contribution in [0.15, 0.2) is 18.2 Å². The molecule has 0 saturated heterocycles. The van der Waals surface area contributed by atoms with E-state index in [1.165, 1.54) is 37.8 Å². The smallest absolute Gasteiger partial charge is 0.387 e. The minimum Gasteiger partial charge on any atom is -0.484 e. The highest BCUT2D eigenvalue weighted by molar-refractivity contribution is 5.61. The number of hydrogen-bond donors (Lipinski definition) is 1. The van der Waals surface area contributed by atoms with E-state index in [1.807, 2.05) is 0 Å². The first-order valence-electron chi connectivity index (χ1n) is 9.95. The summed E-state index contributed by atoms with van der Waals surface area (Å²) in [6.07, 6.45) is 8.57. The Hall–Kier alpha value is -2.26. The lowest BCUT2D eigenvalue weighted by molar-refractivity contribution is -0.423. The molecule has 2 aliphatic rings. The fourth-order valence-electron chi connectivity index (χ4n) is 4.51. The largest absolute Gasteiger partial charge is 0.484 e. The summed E-state index contributed by atoms with van der Waals surface area (Å²) in [6, 6.07) is 4.69. The Kier molecular flexibility index (Phi) is 6.79. The molecule has 0 heterocycles. The number of nitrogens with zero attached hydrogens (tertiary/aromatic N) is 3. The van der Waals surface area contributed by atoms with Crippen LogP contribution in [0.25, 0.3) is 0 Å². The number of aliphatic hydroxyl groups is 1. The van der Waals surface area contributed by atoms with Crippen LogP contribution in [0.3, 0.4) is 0 Å². The van der Waals surface area contributed by atoms with Crippen LogP contribution in [0.2, 0.25) is 0 Å². The minimum atomic E-state index is -0.819. The van der Waals surface area contributed by atoms with Crippen LogP contribution in [0.5, 0.6) is 5.75 Å². The van der Waals surface area contributed by atoms with E-state index >= 15 is 0 Å². The van der Waals surface area contributed by atoms with Crippen LogP contribution in [0.4, 0.5) is 11.4 Å². The second-order valence-electron chi connectivity index (χ2n) is 7.68. The van der Waals surface area contributed by atoms with Gasteiger partial charge in [-0.15, -0.1) is 0 Å². The molecule has 28 heavy (non-hydrogen) atoms. The third kappa shape index (κ3) is 4.77. The zero-order valence-corrected chi connectivity index (χ0v) is 15.9. The van der Waals surface area contributed by atoms with Crippen molar-refractivity contribution < 1.29 is 19.7 Å². The van der Waals surface area contributed by atoms with Gasteiger partial charge < -0.3 is 9.84 Å². The molecule has 2 aliphatic carbocycles. The number of ether oxygens (including phenoxy) is 1. The number of aliphatic hydroxyl groups excluding tert-OH is 1. The van der Waals surface area contributed by atoms with Crippen LogP contribution in [-0.2, 0) is 0 Å². The second kappa shape index (κ2) is 9.29. The highest BCUT2D eigenvalue weighted by atomic mass is 16.6. The number of rotatable bonds is 9. The molecule has 1 unspecified atom stereocenters. The van der Waals surface area contributed by atoms with Gasteiger partial charge in [0, 0.05) is 24.7 Å². The Bertz CT molecular complexity index is 685. The summed E-state index contributed by atoms with van der Waals surface area (Å²) in [4.78, 5) is 23.1. The van der Waals surface area contributed by atoms with E-state index in [0.29, 0.717) is 18.6 Å². The van der Waals surface area contributed by atoms with Crippen LogP contribution < -0.4 is 4.74 Å². The van der Waals surface area contributed by atoms with E-state index < -0.39 is 27.3 Å². The average molecular weight is 393 g/mol. The predicted molar refractivity (Wildman–Crippen MR) is 102 cm³/mol. The average Bonchev–Trinajstić information content (AvgIpc) is 3.37. The number of nitro benzene ring substituents is 2. The molecule has 0 aromatic heterocycles. The van der Waals surface area contributed by atoms with Gasteiger partial charge in [-0.2, -0.15) is 0 Å². The first kappa shape index (κ1) is 20.5. The molecule has 0 radical (unpaired) electrons. The lowest BCUT2D eigenvalue weighted by Crippen LogP contribution is -2.46. The van der Waals surface area contributed by atoms with Gasteiger partial charge >= 0.3 is 11.4 Å². The zero-order chi connectivity index (χ0) is 20.1. The second-order valence-corrected chi connectivity index (χ2v) is 7.68. The standard InChI is InChI=1S/C19H27N3O6/c23-16(12-20(14-6-1-2-7-14)15-8-3-4-9-15)13-28-18-11-5-10-17(21(24)25)19(18)22(26)27/h5,10-11,14-16,23H,1-4,6-9,12-13H2. The highest BCUT2D eigenvalue weighted by Gasteiger charge is 2.33. The van der Waals surface area contributed by atoms with E-state index in [2.05, 4.69) is 4.90 Å². The molecular weight excluding hydrogens is 366 g/mol. The van der Waals surface area contributed by atoms with Crippen LogP contribution in [0.1, 0.15) is 51.4 Å². The van der Waals surface area contributed by atoms with Crippen molar-refractivity contribution in [2.24, 2.45) is 0 Å². The highest BCUT2D eigenvalue weighted by Crippen LogP contribution is 2.36. The maximum atomic E-state index is 11.3. The molecule has 9 heteroatoms. The normalized spacial score (nSPS) is 19.2. The number of benzene rings is 1. The van der Waals surface area contributed by atoms with Gasteiger partial charge in [0.25, 0.3) is 0 Å². The van der Waals surface area contributed by atoms with Crippen LogP contribution >= 0.6 is 0 Å². The molecule has 1 aromatic rings. The van der Waals surface area contributed by atoms with Crippen molar-refractivity contribution in [1.29, 1.82) is 0 Å². The molecule has 1 N–H and O–H groups in total. The summed E-state index contributed by atoms with van der Waals surface area (Å²) in [5.41, 5.74) is -1.29. The Morgan fingerprint density at radius 2 is 1.61 bits per heavy atom. The monoisotopic (exact) mass is 393 g/mol. The summed E-state index contributed by atoms with van der Waals surface area (Å²) in [5, 5.41) is 32.9. The quantitative estimate of drug-likeness (QED) is 0.504. The summed E-state index contributed by atoms with van der Waals surface area (Å²) in [5.74, 6) is -0.188. The van der Waals surface area contributed by atoms with Crippen LogP contribution in [0, 0.1) is 20.2 Å². The third-order valence-corrected chi connectivity index (χ3v) is 5.80. The van der Waals surface area contributed by atoms with Crippen molar-refractivity contribution in [2.45, 2.75) is 69.6 Å². The zero-order valence-electron chi connectivity index (χ0n) is 15.9. The van der Waals surface area contributed by atoms with Crippen molar-refractivity contribution in [3.63, 3.8) is 0 Å². The topological polar surface area (TPSA) is 119 Å². The molecule has 3 rings (SSSR count). The van der Waals surface area contributed by atoms with Gasteiger partial charge in [0.1, 0.15) is 12.7 Å². The van der Waals surface area contributed by atoms with Gasteiger partial charge in [-0.1, -0.05) is 31.7 Å². The third-order valence-electron chi connectivity index (χ3n) is 5.80. The molecule has 1 aromatic carbocycles. The molecule has 1 atom stereocenters. The lowest BCUT2D eigenvalue weighted by Gasteiger charge is -2.35. The van der Waals surface area contributed by atoms with E-state index in [9.17, 15) is 25.3 Å². The van der Waals surface area contributed by atoms with Gasteiger partial charge in [0.15, 0.2) is 0 Å². The van der Waals surface area contributed by atoms with E-state index in [-0.39, 0.29) is 12.4 Å². The van der Waals surface area contributed by atoms with Gasteiger partial charge in [-0.25, -0.2) is 0 Å². The van der Waals surface area contributed by atoms with E-state index in [0.717, 1.165) is 31.7 Å². The number of para-hydroxylation sites is 1. The lowest BCUT2D eigenvalue weighted by atomic mass is 10.1. The molecule has 0 spiro atoms. The fraction of sp³-hybridized carbons (Fsp3) is 0.684. The summed E-state index contributed by atoms with van der Waals surface area (Å²) >= 11 is 0. The molecule has 2 fully saturated rings. The molecule has 2 saturated carbocycles. The van der Waals surface area contributed by atoms with E-state index in [4.69, 9.17) is 4.74 Å². The van der Waals surface area contributed by atoms with Crippen molar-refractivity contribution in [3.05, 3.63) is 38.4 Å². The minimum absolute atomic E-state index is 0.141. The van der Waals surface area contributed by atoms with Crippen molar-refractivity contribution in [2.75, 3.05) is 13.2 Å². The molecular formula is C19H27N3O6. The van der Waals surface area contributed by atoms with Gasteiger partial charge in [-0.3, -0.25) is 25.1 Å². The maximum Gasteiger partial charge on any atom is 0.387 e. The summed E-state index contributed by atoms with van der Waals surface area (Å²) in [6.45, 7) is 0.315. The molecule has 0 bridgehead atoms. The Labute approximate surface area is 163 Å². The van der Waals surface area contributed by atoms with Crippen molar-refractivity contribution >= 4 is 11.4 Å². The Morgan fingerprint density at radius 3 is 2.11 bits per heavy atom. The van der Waals surface area contributed by atoms with Crippen molar-refractivity contribution in [1.82, 2.24) is 4.90 Å². The van der Waals surface area contributed by atoms with E-state index in [1.54, 1.807) is 0 Å². The van der Waals surface area contributed by atoms with Gasteiger partial charge in [0.2, 0.25) is 5.75 Å². The molecule has 0 amide bonds. The number of nitro groups is 2. The first-order valence-corrected chi connectivity index (χ1v) is 9.95.